The van der Waals surface area contributed by atoms with Gasteiger partial charge in [-0.25, -0.2) is 0 Å². The van der Waals surface area contributed by atoms with E-state index < -0.39 is 0 Å². The highest BCUT2D eigenvalue weighted by Crippen LogP contribution is 2.38. The molecule has 0 saturated heterocycles. The van der Waals surface area contributed by atoms with Gasteiger partial charge < -0.3 is 9.97 Å². The summed E-state index contributed by atoms with van der Waals surface area (Å²) in [5.74, 6) is 13.6. The molecular formula is C46H24N2S4. The number of rotatable bonds is 2. The first-order chi connectivity index (χ1) is 25.7. The van der Waals surface area contributed by atoms with E-state index in [1.165, 1.54) is 62.6 Å². The van der Waals surface area contributed by atoms with Gasteiger partial charge in [0.1, 0.15) is 0 Å². The van der Waals surface area contributed by atoms with Crippen molar-refractivity contribution in [2.75, 3.05) is 0 Å². The van der Waals surface area contributed by atoms with Gasteiger partial charge in [0.15, 0.2) is 0 Å². The van der Waals surface area contributed by atoms with Crippen LogP contribution in [0, 0.1) is 23.7 Å². The Morgan fingerprint density at radius 2 is 0.865 bits per heavy atom. The zero-order valence-corrected chi connectivity index (χ0v) is 30.6. The summed E-state index contributed by atoms with van der Waals surface area (Å²) in [6.07, 6.45) is 0. The average Bonchev–Trinajstić information content (AvgIpc) is 4.03. The van der Waals surface area contributed by atoms with Gasteiger partial charge in [-0.05, 0) is 94.3 Å². The van der Waals surface area contributed by atoms with Crippen LogP contribution in [-0.2, 0) is 0 Å². The number of benzene rings is 5. The normalized spacial score (nSPS) is 11.5. The standard InChI is InChI=1S/C46H24N2S4/c1-3-41(49-21-1)43-19-13-31(51-43)11-5-27-7-15-33-29(23-27)9-17-35-37-25-40-38(26-39(37)47-45(33)35)36-18-10-30-24-28(8-16-34(30)46(36)48-40)6-12-32-14-20-44(52-32)42-4-2-22-50-42/h1-4,7-10,13-26,47-48H. The molecule has 0 saturated carbocycles. The fourth-order valence-corrected chi connectivity index (χ4v) is 10.6. The number of fused-ring (bicyclic) bond motifs is 10. The van der Waals surface area contributed by atoms with E-state index in [9.17, 15) is 0 Å². The molecule has 0 fully saturated rings. The summed E-state index contributed by atoms with van der Waals surface area (Å²) < 4.78 is 0. The predicted octanol–water partition coefficient (Wildman–Crippen LogP) is 13.6. The van der Waals surface area contributed by atoms with Crippen LogP contribution in [0.25, 0.3) is 84.7 Å². The zero-order chi connectivity index (χ0) is 34.2. The summed E-state index contributed by atoms with van der Waals surface area (Å²) in [6, 6.07) is 43.7. The maximum absolute atomic E-state index is 3.78. The first-order valence-corrected chi connectivity index (χ1v) is 20.3. The van der Waals surface area contributed by atoms with Gasteiger partial charge in [0.05, 0.1) is 20.8 Å². The lowest BCUT2D eigenvalue weighted by Gasteiger charge is -2.01. The van der Waals surface area contributed by atoms with Crippen molar-refractivity contribution in [2.24, 2.45) is 0 Å². The van der Waals surface area contributed by atoms with E-state index in [4.69, 9.17) is 0 Å². The van der Waals surface area contributed by atoms with Gasteiger partial charge in [0.2, 0.25) is 0 Å². The maximum Gasteiger partial charge on any atom is 0.0779 e. The average molecular weight is 733 g/mol. The molecule has 0 aliphatic carbocycles. The largest absolute Gasteiger partial charge is 0.354 e. The van der Waals surface area contributed by atoms with Crippen LogP contribution in [0.1, 0.15) is 20.9 Å². The van der Waals surface area contributed by atoms with Gasteiger partial charge in [-0.15, -0.1) is 45.3 Å². The minimum absolute atomic E-state index is 1.02. The van der Waals surface area contributed by atoms with E-state index in [0.717, 1.165) is 42.9 Å². The molecule has 0 aliphatic heterocycles. The highest BCUT2D eigenvalue weighted by Gasteiger charge is 2.14. The molecule has 6 aromatic heterocycles. The molecule has 0 bridgehead atoms. The lowest BCUT2D eigenvalue weighted by atomic mass is 10.0. The molecule has 2 N–H and O–H groups in total. The van der Waals surface area contributed by atoms with Crippen LogP contribution in [0.2, 0.25) is 0 Å². The lowest BCUT2D eigenvalue weighted by molar-refractivity contribution is 1.55. The Balaban J connectivity index is 0.924. The number of thiophene rings is 4. The third-order valence-corrected chi connectivity index (χ3v) is 13.8. The van der Waals surface area contributed by atoms with Crippen LogP contribution >= 0.6 is 45.3 Å². The van der Waals surface area contributed by atoms with Crippen molar-refractivity contribution in [2.45, 2.75) is 0 Å². The van der Waals surface area contributed by atoms with Gasteiger partial charge in [-0.1, -0.05) is 72.2 Å². The lowest BCUT2D eigenvalue weighted by Crippen LogP contribution is -1.79. The second-order valence-electron chi connectivity index (χ2n) is 12.8. The monoisotopic (exact) mass is 732 g/mol. The fourth-order valence-electron chi connectivity index (χ4n) is 7.23. The maximum atomic E-state index is 3.78. The highest BCUT2D eigenvalue weighted by atomic mass is 32.1. The number of H-pyrrole nitrogens is 2. The van der Waals surface area contributed by atoms with Crippen molar-refractivity contribution in [1.29, 1.82) is 0 Å². The molecular weight excluding hydrogens is 709 g/mol. The van der Waals surface area contributed by atoms with E-state index in [0.29, 0.717) is 0 Å². The number of hydrogen-bond acceptors (Lipinski definition) is 4. The Hall–Kier alpha value is -5.86. The predicted molar refractivity (Wildman–Crippen MR) is 227 cm³/mol. The molecule has 0 unspecified atom stereocenters. The van der Waals surface area contributed by atoms with Crippen molar-refractivity contribution in [3.8, 4) is 43.2 Å². The Kier molecular flexibility index (Phi) is 6.80. The van der Waals surface area contributed by atoms with Crippen LogP contribution in [0.15, 0.2) is 132 Å². The smallest absolute Gasteiger partial charge is 0.0779 e. The van der Waals surface area contributed by atoms with Gasteiger partial charge >= 0.3 is 0 Å². The van der Waals surface area contributed by atoms with E-state index in [-0.39, 0.29) is 0 Å². The van der Waals surface area contributed by atoms with Gasteiger partial charge in [-0.2, -0.15) is 0 Å². The Bertz CT molecular complexity index is 3080. The van der Waals surface area contributed by atoms with E-state index >= 15 is 0 Å². The fraction of sp³-hybridized carbons (Fsp3) is 0. The summed E-state index contributed by atoms with van der Waals surface area (Å²) >= 11 is 7.02. The topological polar surface area (TPSA) is 31.6 Å². The van der Waals surface area contributed by atoms with Crippen LogP contribution in [0.3, 0.4) is 0 Å². The third kappa shape index (κ3) is 5.00. The molecule has 0 atom stereocenters. The minimum Gasteiger partial charge on any atom is -0.354 e. The second-order valence-corrected chi connectivity index (χ2v) is 16.9. The van der Waals surface area contributed by atoms with E-state index in [2.05, 4.69) is 166 Å². The summed E-state index contributed by atoms with van der Waals surface area (Å²) in [5.41, 5.74) is 6.64. The SMILES string of the molecule is C(#Cc1ccc(-c2cccs2)s1)c1ccc2c(ccc3c4cc5[nH]c6c7ccc(C#Cc8ccc(-c9cccs9)s8)cc7ccc6c5cc4[nH]c23)c1. The number of hydrogen-bond donors (Lipinski definition) is 2. The first kappa shape index (κ1) is 29.8. The van der Waals surface area contributed by atoms with E-state index in [1.54, 1.807) is 45.3 Å². The Morgan fingerprint density at radius 3 is 1.33 bits per heavy atom. The molecule has 0 amide bonds. The first-order valence-electron chi connectivity index (χ1n) is 16.9. The number of aromatic amines is 2. The highest BCUT2D eigenvalue weighted by molar-refractivity contribution is 7.22. The zero-order valence-electron chi connectivity index (χ0n) is 27.3. The summed E-state index contributed by atoms with van der Waals surface area (Å²) in [6.45, 7) is 0. The van der Waals surface area contributed by atoms with Crippen molar-refractivity contribution >= 4 is 111 Å². The van der Waals surface area contributed by atoms with Gasteiger partial charge in [0.25, 0.3) is 0 Å². The van der Waals surface area contributed by atoms with Crippen molar-refractivity contribution in [3.63, 3.8) is 0 Å². The molecule has 5 aromatic carbocycles. The van der Waals surface area contributed by atoms with Crippen LogP contribution in [-0.4, -0.2) is 9.97 Å². The number of nitrogens with one attached hydrogen (secondary N) is 2. The third-order valence-electron chi connectivity index (χ3n) is 9.70. The van der Waals surface area contributed by atoms with Crippen LogP contribution in [0.4, 0.5) is 0 Å². The quantitative estimate of drug-likeness (QED) is 0.166. The Labute approximate surface area is 314 Å². The molecule has 0 radical (unpaired) electrons. The van der Waals surface area contributed by atoms with Crippen molar-refractivity contribution in [3.05, 3.63) is 153 Å². The van der Waals surface area contributed by atoms with Crippen molar-refractivity contribution < 1.29 is 0 Å². The molecule has 52 heavy (non-hydrogen) atoms. The molecule has 11 rings (SSSR count). The summed E-state index contributed by atoms with van der Waals surface area (Å²) in [5, 5.41) is 13.9. The molecule has 2 nitrogen and oxygen atoms in total. The van der Waals surface area contributed by atoms with Crippen LogP contribution in [0.5, 0.6) is 0 Å². The summed E-state index contributed by atoms with van der Waals surface area (Å²) in [4.78, 5) is 14.8. The van der Waals surface area contributed by atoms with Crippen LogP contribution < -0.4 is 0 Å². The van der Waals surface area contributed by atoms with Gasteiger partial charge in [0, 0.05) is 74.0 Å². The number of aromatic nitrogens is 2. The molecule has 6 heteroatoms. The molecule has 11 aromatic rings. The minimum atomic E-state index is 1.02. The van der Waals surface area contributed by atoms with E-state index in [1.807, 2.05) is 0 Å². The molecule has 6 heterocycles. The molecule has 0 spiro atoms. The Morgan fingerprint density at radius 1 is 0.385 bits per heavy atom. The van der Waals surface area contributed by atoms with Crippen molar-refractivity contribution in [1.82, 2.24) is 9.97 Å². The molecule has 242 valence electrons. The summed E-state index contributed by atoms with van der Waals surface area (Å²) in [7, 11) is 0. The molecule has 0 aliphatic rings. The second kappa shape index (κ2) is 11.9. The van der Waals surface area contributed by atoms with Gasteiger partial charge in [-0.3, -0.25) is 0 Å².